The van der Waals surface area contributed by atoms with Crippen LogP contribution in [0.5, 0.6) is 0 Å². The molecule has 23 heavy (non-hydrogen) atoms. The molecule has 0 saturated heterocycles. The number of hydrogen-bond donors (Lipinski definition) is 0. The molecule has 2 aliphatic rings. The van der Waals surface area contributed by atoms with Crippen molar-refractivity contribution in [3.63, 3.8) is 0 Å². The van der Waals surface area contributed by atoms with Crippen LogP contribution in [-0.4, -0.2) is 11.8 Å². The lowest BCUT2D eigenvalue weighted by Crippen LogP contribution is -2.50. The molecule has 0 unspecified atom stereocenters. The molecule has 4 atom stereocenters. The number of Topliss-reactive ketones (excluding diaryl/α,β-unsaturated/α-hetero) is 1. The Morgan fingerprint density at radius 1 is 1.43 bits per heavy atom. The van der Waals surface area contributed by atoms with Gasteiger partial charge < -0.3 is 9.15 Å². The lowest BCUT2D eigenvalue weighted by atomic mass is 9.54. The van der Waals surface area contributed by atoms with Crippen LogP contribution in [0.1, 0.15) is 67.8 Å². The zero-order valence-electron chi connectivity index (χ0n) is 14.3. The summed E-state index contributed by atoms with van der Waals surface area (Å²) in [5.41, 5.74) is 1.58. The van der Waals surface area contributed by atoms with Gasteiger partial charge in [0.15, 0.2) is 5.76 Å². The number of carbonyl (C=O) groups excluding carboxylic acids is 2. The minimum absolute atomic E-state index is 0.0600. The van der Waals surface area contributed by atoms with Crippen molar-refractivity contribution in [1.82, 2.24) is 0 Å². The molecule has 2 aliphatic carbocycles. The predicted octanol–water partition coefficient (Wildman–Crippen LogP) is 4.39. The van der Waals surface area contributed by atoms with E-state index in [9.17, 15) is 9.59 Å². The first-order chi connectivity index (χ1) is 10.8. The van der Waals surface area contributed by atoms with Gasteiger partial charge in [-0.1, -0.05) is 26.8 Å². The molecule has 0 amide bonds. The second-order valence-electron chi connectivity index (χ2n) is 7.34. The Hall–Kier alpha value is -1.84. The van der Waals surface area contributed by atoms with Gasteiger partial charge >= 0.3 is 5.97 Å². The average Bonchev–Trinajstić information content (AvgIpc) is 2.87. The standard InChI is InChI=1S/C19H24O4/c1-10(2)18(21)23-17-14-11(3)9-22-16(14)15(20)13-8-6-7-12(4)19(13,17)5/h9,12-13,17H,1,6-8H2,2-5H3/t12-,13+,17+,19-/m1/s1. The van der Waals surface area contributed by atoms with Crippen molar-refractivity contribution in [2.75, 3.05) is 0 Å². The summed E-state index contributed by atoms with van der Waals surface area (Å²) < 4.78 is 11.4. The van der Waals surface area contributed by atoms with Gasteiger partial charge in [0.1, 0.15) is 6.10 Å². The summed E-state index contributed by atoms with van der Waals surface area (Å²) in [7, 11) is 0. The van der Waals surface area contributed by atoms with Crippen LogP contribution in [0.3, 0.4) is 0 Å². The van der Waals surface area contributed by atoms with Crippen molar-refractivity contribution in [3.05, 3.63) is 35.3 Å². The summed E-state index contributed by atoms with van der Waals surface area (Å²) in [6, 6.07) is 0. The van der Waals surface area contributed by atoms with E-state index < -0.39 is 17.5 Å². The van der Waals surface area contributed by atoms with Crippen molar-refractivity contribution >= 4 is 11.8 Å². The number of esters is 1. The Morgan fingerprint density at radius 3 is 2.78 bits per heavy atom. The fraction of sp³-hybridized carbons (Fsp3) is 0.579. The van der Waals surface area contributed by atoms with Gasteiger partial charge in [-0.05, 0) is 38.2 Å². The van der Waals surface area contributed by atoms with Crippen LogP contribution in [0.4, 0.5) is 0 Å². The van der Waals surface area contributed by atoms with Crippen molar-refractivity contribution in [2.24, 2.45) is 17.3 Å². The molecule has 4 heteroatoms. The number of rotatable bonds is 2. The van der Waals surface area contributed by atoms with Crippen molar-refractivity contribution in [1.29, 1.82) is 0 Å². The number of hydrogen-bond acceptors (Lipinski definition) is 4. The maximum absolute atomic E-state index is 12.9. The normalized spacial score (nSPS) is 32.9. The van der Waals surface area contributed by atoms with Crippen LogP contribution in [0.15, 0.2) is 22.8 Å². The van der Waals surface area contributed by atoms with E-state index in [0.29, 0.717) is 11.3 Å². The monoisotopic (exact) mass is 316 g/mol. The van der Waals surface area contributed by atoms with E-state index in [0.717, 1.165) is 30.4 Å². The maximum Gasteiger partial charge on any atom is 0.333 e. The molecule has 0 aliphatic heterocycles. The van der Waals surface area contributed by atoms with Gasteiger partial charge in [0, 0.05) is 22.5 Å². The van der Waals surface area contributed by atoms with Crippen LogP contribution in [0.2, 0.25) is 0 Å². The highest BCUT2D eigenvalue weighted by molar-refractivity contribution is 5.99. The van der Waals surface area contributed by atoms with Gasteiger partial charge in [-0.15, -0.1) is 0 Å². The molecule has 0 radical (unpaired) electrons. The zero-order chi connectivity index (χ0) is 16.9. The number of ether oxygens (including phenoxy) is 1. The van der Waals surface area contributed by atoms with Crippen molar-refractivity contribution < 1.29 is 18.7 Å². The van der Waals surface area contributed by atoms with Crippen LogP contribution < -0.4 is 0 Å². The molecule has 0 spiro atoms. The Balaban J connectivity index is 2.16. The van der Waals surface area contributed by atoms with Gasteiger partial charge in [0.2, 0.25) is 5.78 Å². The van der Waals surface area contributed by atoms with Crippen LogP contribution in [-0.2, 0) is 9.53 Å². The summed E-state index contributed by atoms with van der Waals surface area (Å²) >= 11 is 0. The summed E-state index contributed by atoms with van der Waals surface area (Å²) in [4.78, 5) is 25.2. The number of furan rings is 1. The Bertz CT molecular complexity index is 684. The first kappa shape index (κ1) is 16.0. The van der Waals surface area contributed by atoms with E-state index in [1.54, 1.807) is 13.2 Å². The molecule has 1 aromatic rings. The Labute approximate surface area is 136 Å². The van der Waals surface area contributed by atoms with E-state index in [4.69, 9.17) is 9.15 Å². The third kappa shape index (κ3) is 2.19. The highest BCUT2D eigenvalue weighted by Crippen LogP contribution is 2.59. The second-order valence-corrected chi connectivity index (χ2v) is 7.34. The molecule has 0 bridgehead atoms. The van der Waals surface area contributed by atoms with Gasteiger partial charge in [0.25, 0.3) is 0 Å². The van der Waals surface area contributed by atoms with E-state index in [1.165, 1.54) is 0 Å². The molecular weight excluding hydrogens is 292 g/mol. The molecule has 0 N–H and O–H groups in total. The van der Waals surface area contributed by atoms with Crippen LogP contribution >= 0.6 is 0 Å². The molecule has 4 nitrogen and oxygen atoms in total. The molecule has 0 aromatic carbocycles. The summed E-state index contributed by atoms with van der Waals surface area (Å²) in [5, 5.41) is 0. The van der Waals surface area contributed by atoms with Gasteiger partial charge in [-0.25, -0.2) is 4.79 Å². The fourth-order valence-corrected chi connectivity index (χ4v) is 4.28. The lowest BCUT2D eigenvalue weighted by Gasteiger charge is -2.51. The molecule has 1 saturated carbocycles. The minimum Gasteiger partial charge on any atom is -0.461 e. The zero-order valence-corrected chi connectivity index (χ0v) is 14.3. The molecule has 3 rings (SSSR count). The molecular formula is C19H24O4. The third-order valence-electron chi connectivity index (χ3n) is 5.91. The summed E-state index contributed by atoms with van der Waals surface area (Å²) in [6.45, 7) is 11.5. The van der Waals surface area contributed by atoms with Gasteiger partial charge in [-0.3, -0.25) is 4.79 Å². The topological polar surface area (TPSA) is 56.5 Å². The Morgan fingerprint density at radius 2 is 2.13 bits per heavy atom. The number of aryl methyl sites for hydroxylation is 1. The van der Waals surface area contributed by atoms with Crippen molar-refractivity contribution in [2.45, 2.75) is 53.1 Å². The van der Waals surface area contributed by atoms with Crippen LogP contribution in [0, 0.1) is 24.2 Å². The quantitative estimate of drug-likeness (QED) is 0.600. The molecule has 124 valence electrons. The highest BCUT2D eigenvalue weighted by Gasteiger charge is 2.58. The average molecular weight is 316 g/mol. The largest absolute Gasteiger partial charge is 0.461 e. The second kappa shape index (κ2) is 5.36. The van der Waals surface area contributed by atoms with Crippen LogP contribution in [0.25, 0.3) is 0 Å². The molecule has 1 heterocycles. The lowest BCUT2D eigenvalue weighted by molar-refractivity contribution is -0.161. The van der Waals surface area contributed by atoms with Crippen molar-refractivity contribution in [3.8, 4) is 0 Å². The first-order valence-electron chi connectivity index (χ1n) is 8.27. The van der Waals surface area contributed by atoms with E-state index in [2.05, 4.69) is 20.4 Å². The predicted molar refractivity (Wildman–Crippen MR) is 86.0 cm³/mol. The number of carbonyl (C=O) groups is 2. The third-order valence-corrected chi connectivity index (χ3v) is 5.91. The molecule has 1 aromatic heterocycles. The summed E-state index contributed by atoms with van der Waals surface area (Å²) in [5.74, 6) is 0.153. The smallest absolute Gasteiger partial charge is 0.333 e. The maximum atomic E-state index is 12.9. The SMILES string of the molecule is C=C(C)C(=O)O[C@H]1c2c(C)coc2C(=O)[C@@H]2CCC[C@@H](C)[C@]21C. The van der Waals surface area contributed by atoms with Gasteiger partial charge in [0.05, 0.1) is 6.26 Å². The minimum atomic E-state index is -0.460. The van der Waals surface area contributed by atoms with E-state index in [1.807, 2.05) is 6.92 Å². The number of ketones is 1. The van der Waals surface area contributed by atoms with Gasteiger partial charge in [-0.2, -0.15) is 0 Å². The molecule has 1 fully saturated rings. The van der Waals surface area contributed by atoms with E-state index in [-0.39, 0.29) is 17.6 Å². The number of fused-ring (bicyclic) bond motifs is 2. The highest BCUT2D eigenvalue weighted by atomic mass is 16.5. The Kier molecular flexibility index (Phi) is 3.74. The summed E-state index contributed by atoms with van der Waals surface area (Å²) in [6.07, 6.45) is 4.00. The van der Waals surface area contributed by atoms with E-state index >= 15 is 0 Å². The fourth-order valence-electron chi connectivity index (χ4n) is 4.28. The first-order valence-corrected chi connectivity index (χ1v) is 8.27.